The maximum absolute atomic E-state index is 11.9. The third-order valence-corrected chi connectivity index (χ3v) is 3.71. The summed E-state index contributed by atoms with van der Waals surface area (Å²) in [5.74, 6) is 0.508. The van der Waals surface area contributed by atoms with Crippen LogP contribution in [-0.2, 0) is 18.4 Å². The number of nitrogens with zero attached hydrogens (tertiary/aromatic N) is 3. The van der Waals surface area contributed by atoms with Gasteiger partial charge in [0.25, 0.3) is 5.91 Å². The number of benzene rings is 1. The molecule has 6 heteroatoms. The molecule has 0 saturated carbocycles. The minimum absolute atomic E-state index is 0.0151. The van der Waals surface area contributed by atoms with Gasteiger partial charge in [-0.1, -0.05) is 17.7 Å². The first-order valence-electron chi connectivity index (χ1n) is 7.99. The molecule has 25 heavy (non-hydrogen) atoms. The lowest BCUT2D eigenvalue weighted by molar-refractivity contribution is -0.123. The number of pyridine rings is 1. The summed E-state index contributed by atoms with van der Waals surface area (Å²) in [5, 5.41) is 7.00. The average molecular weight is 336 g/mol. The molecule has 1 aromatic carbocycles. The Hall–Kier alpha value is -3.15. The van der Waals surface area contributed by atoms with Crippen LogP contribution in [0.2, 0.25) is 0 Å². The fourth-order valence-electron chi connectivity index (χ4n) is 2.35. The average Bonchev–Trinajstić information content (AvgIpc) is 3.06. The molecule has 1 amide bonds. The molecule has 128 valence electrons. The predicted octanol–water partition coefficient (Wildman–Crippen LogP) is 2.49. The fourth-order valence-corrected chi connectivity index (χ4v) is 2.35. The Morgan fingerprint density at radius 2 is 1.96 bits per heavy atom. The van der Waals surface area contributed by atoms with E-state index in [1.54, 1.807) is 23.3 Å². The van der Waals surface area contributed by atoms with E-state index < -0.39 is 0 Å². The third-order valence-electron chi connectivity index (χ3n) is 3.71. The van der Waals surface area contributed by atoms with Crippen molar-refractivity contribution in [3.63, 3.8) is 0 Å². The van der Waals surface area contributed by atoms with E-state index >= 15 is 0 Å². The van der Waals surface area contributed by atoms with Gasteiger partial charge < -0.3 is 10.1 Å². The van der Waals surface area contributed by atoms with Crippen molar-refractivity contribution in [1.29, 1.82) is 0 Å². The number of aromatic nitrogens is 3. The Morgan fingerprint density at radius 3 is 2.68 bits per heavy atom. The topological polar surface area (TPSA) is 69.0 Å². The highest BCUT2D eigenvalue weighted by atomic mass is 16.5. The Labute approximate surface area is 146 Å². The fraction of sp³-hybridized carbons (Fsp3) is 0.211. The standard InChI is InChI=1S/C19H20N4O2/c1-14-3-5-18(6-4-14)25-13-19(24)21-9-15-7-16(10-20-8-15)17-11-22-23(2)12-17/h3-8,10-12H,9,13H2,1-2H3,(H,21,24). The van der Waals surface area contributed by atoms with E-state index in [4.69, 9.17) is 4.74 Å². The van der Waals surface area contributed by atoms with Crippen LogP contribution in [0.15, 0.2) is 55.1 Å². The normalized spacial score (nSPS) is 10.5. The summed E-state index contributed by atoms with van der Waals surface area (Å²) in [5.41, 5.74) is 4.03. The summed E-state index contributed by atoms with van der Waals surface area (Å²) in [6.07, 6.45) is 7.23. The van der Waals surface area contributed by atoms with Crippen molar-refractivity contribution in [3.8, 4) is 16.9 Å². The predicted molar refractivity (Wildman–Crippen MR) is 95.0 cm³/mol. The quantitative estimate of drug-likeness (QED) is 0.751. The van der Waals surface area contributed by atoms with Crippen molar-refractivity contribution >= 4 is 5.91 Å². The van der Waals surface area contributed by atoms with Crippen LogP contribution < -0.4 is 10.1 Å². The van der Waals surface area contributed by atoms with Crippen LogP contribution >= 0.6 is 0 Å². The van der Waals surface area contributed by atoms with Gasteiger partial charge in [0.1, 0.15) is 5.75 Å². The summed E-state index contributed by atoms with van der Waals surface area (Å²) in [6.45, 7) is 2.39. The SMILES string of the molecule is Cc1ccc(OCC(=O)NCc2cncc(-c3cnn(C)c3)c2)cc1. The molecule has 3 rings (SSSR count). The first-order valence-corrected chi connectivity index (χ1v) is 7.99. The van der Waals surface area contributed by atoms with Gasteiger partial charge in [-0.05, 0) is 30.7 Å². The lowest BCUT2D eigenvalue weighted by Crippen LogP contribution is -2.28. The lowest BCUT2D eigenvalue weighted by atomic mass is 10.1. The summed E-state index contributed by atoms with van der Waals surface area (Å²) < 4.78 is 7.21. The molecule has 1 N–H and O–H groups in total. The van der Waals surface area contributed by atoms with Gasteiger partial charge in [0.2, 0.25) is 0 Å². The molecular weight excluding hydrogens is 316 g/mol. The molecule has 0 spiro atoms. The molecule has 0 radical (unpaired) electrons. The van der Waals surface area contributed by atoms with Gasteiger partial charge in [-0.15, -0.1) is 0 Å². The number of amides is 1. The number of ether oxygens (including phenoxy) is 1. The summed E-state index contributed by atoms with van der Waals surface area (Å²) in [7, 11) is 1.87. The largest absolute Gasteiger partial charge is 0.484 e. The molecule has 0 aliphatic rings. The first-order chi connectivity index (χ1) is 12.1. The summed E-state index contributed by atoms with van der Waals surface area (Å²) in [4.78, 5) is 16.2. The zero-order chi connectivity index (χ0) is 17.6. The van der Waals surface area contributed by atoms with Gasteiger partial charge in [-0.25, -0.2) is 0 Å². The van der Waals surface area contributed by atoms with Crippen LogP contribution in [0.1, 0.15) is 11.1 Å². The third kappa shape index (κ3) is 4.67. The highest BCUT2D eigenvalue weighted by molar-refractivity contribution is 5.77. The smallest absolute Gasteiger partial charge is 0.258 e. The zero-order valence-electron chi connectivity index (χ0n) is 14.3. The van der Waals surface area contributed by atoms with Crippen molar-refractivity contribution in [1.82, 2.24) is 20.1 Å². The van der Waals surface area contributed by atoms with Crippen LogP contribution in [-0.4, -0.2) is 27.3 Å². The number of rotatable bonds is 6. The van der Waals surface area contributed by atoms with Crippen LogP contribution in [0, 0.1) is 6.92 Å². The van der Waals surface area contributed by atoms with E-state index in [-0.39, 0.29) is 12.5 Å². The molecule has 2 aromatic heterocycles. The van der Waals surface area contributed by atoms with Crippen LogP contribution in [0.5, 0.6) is 5.75 Å². The monoisotopic (exact) mass is 336 g/mol. The van der Waals surface area contributed by atoms with Crippen LogP contribution in [0.3, 0.4) is 0 Å². The van der Waals surface area contributed by atoms with E-state index in [1.165, 1.54) is 0 Å². The summed E-state index contributed by atoms with van der Waals surface area (Å²) >= 11 is 0. The van der Waals surface area contributed by atoms with Crippen molar-refractivity contribution in [2.45, 2.75) is 13.5 Å². The summed E-state index contributed by atoms with van der Waals surface area (Å²) in [6, 6.07) is 9.59. The number of carbonyl (C=O) groups excluding carboxylic acids is 1. The van der Waals surface area contributed by atoms with Gasteiger partial charge in [-0.2, -0.15) is 5.10 Å². The first kappa shape index (κ1) is 16.7. The van der Waals surface area contributed by atoms with Gasteiger partial charge in [0.05, 0.1) is 6.20 Å². The maximum Gasteiger partial charge on any atom is 0.258 e. The van der Waals surface area contributed by atoms with E-state index in [1.807, 2.05) is 50.5 Å². The number of nitrogens with one attached hydrogen (secondary N) is 1. The van der Waals surface area contributed by atoms with E-state index in [9.17, 15) is 4.79 Å². The molecule has 3 aromatic rings. The second-order valence-corrected chi connectivity index (χ2v) is 5.86. The Kier molecular flexibility index (Phi) is 5.09. The minimum atomic E-state index is -0.174. The number of hydrogen-bond donors (Lipinski definition) is 1. The number of aryl methyl sites for hydroxylation is 2. The molecule has 0 bridgehead atoms. The van der Waals surface area contributed by atoms with E-state index in [2.05, 4.69) is 15.4 Å². The molecule has 0 atom stereocenters. The molecule has 0 aliphatic heterocycles. The maximum atomic E-state index is 11.9. The second-order valence-electron chi connectivity index (χ2n) is 5.86. The van der Waals surface area contributed by atoms with Crippen molar-refractivity contribution in [3.05, 3.63) is 66.2 Å². The van der Waals surface area contributed by atoms with Gasteiger partial charge >= 0.3 is 0 Å². The van der Waals surface area contributed by atoms with Crippen molar-refractivity contribution < 1.29 is 9.53 Å². The minimum Gasteiger partial charge on any atom is -0.484 e. The van der Waals surface area contributed by atoms with Crippen LogP contribution in [0.4, 0.5) is 0 Å². The van der Waals surface area contributed by atoms with Crippen molar-refractivity contribution in [2.24, 2.45) is 7.05 Å². The highest BCUT2D eigenvalue weighted by Crippen LogP contribution is 2.18. The molecule has 0 fully saturated rings. The Bertz CT molecular complexity index is 856. The Morgan fingerprint density at radius 1 is 1.16 bits per heavy atom. The zero-order valence-corrected chi connectivity index (χ0v) is 14.3. The molecule has 0 aliphatic carbocycles. The number of hydrogen-bond acceptors (Lipinski definition) is 4. The van der Waals surface area contributed by atoms with Gasteiger partial charge in [0, 0.05) is 43.3 Å². The second kappa shape index (κ2) is 7.61. The van der Waals surface area contributed by atoms with Gasteiger partial charge in [-0.3, -0.25) is 14.5 Å². The molecule has 6 nitrogen and oxygen atoms in total. The highest BCUT2D eigenvalue weighted by Gasteiger charge is 2.05. The molecule has 2 heterocycles. The Balaban J connectivity index is 1.52. The number of carbonyl (C=O) groups is 1. The molecule has 0 saturated heterocycles. The lowest BCUT2D eigenvalue weighted by Gasteiger charge is -2.08. The van der Waals surface area contributed by atoms with E-state index in [0.717, 1.165) is 22.3 Å². The molecular formula is C19H20N4O2. The van der Waals surface area contributed by atoms with Crippen molar-refractivity contribution in [2.75, 3.05) is 6.61 Å². The van der Waals surface area contributed by atoms with Crippen LogP contribution in [0.25, 0.3) is 11.1 Å². The van der Waals surface area contributed by atoms with Gasteiger partial charge in [0.15, 0.2) is 6.61 Å². The molecule has 0 unspecified atom stereocenters. The van der Waals surface area contributed by atoms with E-state index in [0.29, 0.717) is 12.3 Å².